The number of epoxide rings is 1. The molecule has 184 valence electrons. The molecule has 0 bridgehead atoms. The quantitative estimate of drug-likeness (QED) is 0.390. The predicted octanol–water partition coefficient (Wildman–Crippen LogP) is 3.52. The molecule has 4 saturated carbocycles. The normalized spacial score (nSPS) is 50.0. The summed E-state index contributed by atoms with van der Waals surface area (Å²) in [5.74, 6) is 0.684. The summed E-state index contributed by atoms with van der Waals surface area (Å²) >= 11 is 0. The van der Waals surface area contributed by atoms with Crippen LogP contribution in [0.15, 0.2) is 0 Å². The summed E-state index contributed by atoms with van der Waals surface area (Å²) in [6.45, 7) is 8.14. The molecule has 1 aliphatic heterocycles. The summed E-state index contributed by atoms with van der Waals surface area (Å²) in [5.41, 5.74) is 3.34. The standard InChI is InChI=1S/C26H39NO6/c1-5-31-22(30)26(21(27)29)25(33-26)13-10-20-18-7-6-16-14-17(32-15(2)28)8-11-23(16,3)19(18)9-12-24(20,25)4/h16-20H,5-14H2,1-4H3,(H2,27,29)/t16-,17+,18-,19-,20-,23+,24+,25-,26-/m1/s1. The number of hydrogen-bond acceptors (Lipinski definition) is 6. The van der Waals surface area contributed by atoms with Crippen LogP contribution in [0.4, 0.5) is 0 Å². The second-order valence-electron chi connectivity index (χ2n) is 11.9. The van der Waals surface area contributed by atoms with Crippen LogP contribution in [-0.4, -0.2) is 41.8 Å². The third-order valence-electron chi connectivity index (χ3n) is 10.8. The zero-order valence-corrected chi connectivity index (χ0v) is 20.5. The lowest BCUT2D eigenvalue weighted by molar-refractivity contribution is -0.160. The van der Waals surface area contributed by atoms with Gasteiger partial charge in [0.05, 0.1) is 6.61 Å². The molecule has 9 atom stereocenters. The van der Waals surface area contributed by atoms with E-state index in [1.165, 1.54) is 6.92 Å². The van der Waals surface area contributed by atoms with Crippen LogP contribution in [0.25, 0.3) is 0 Å². The fourth-order valence-corrected chi connectivity index (χ4v) is 9.33. The maximum atomic E-state index is 12.9. The zero-order chi connectivity index (χ0) is 23.8. The highest BCUT2D eigenvalue weighted by Crippen LogP contribution is 2.76. The van der Waals surface area contributed by atoms with E-state index in [0.717, 1.165) is 51.4 Å². The van der Waals surface area contributed by atoms with Gasteiger partial charge in [0.25, 0.3) is 11.5 Å². The zero-order valence-electron chi connectivity index (χ0n) is 20.5. The molecule has 0 unspecified atom stereocenters. The fraction of sp³-hybridized carbons (Fsp3) is 0.885. The number of carbonyl (C=O) groups excluding carboxylic acids is 3. The highest BCUT2D eigenvalue weighted by molar-refractivity contribution is 6.10. The third kappa shape index (κ3) is 2.86. The molecule has 5 fully saturated rings. The lowest BCUT2D eigenvalue weighted by atomic mass is 9.44. The van der Waals surface area contributed by atoms with Gasteiger partial charge in [-0.15, -0.1) is 0 Å². The fourth-order valence-electron chi connectivity index (χ4n) is 9.33. The number of amides is 1. The Morgan fingerprint density at radius 3 is 2.39 bits per heavy atom. The smallest absolute Gasteiger partial charge is 0.351 e. The van der Waals surface area contributed by atoms with Gasteiger partial charge in [0, 0.05) is 12.3 Å². The molecule has 0 radical (unpaired) electrons. The molecule has 0 aromatic rings. The molecule has 0 aromatic heterocycles. The van der Waals surface area contributed by atoms with Crippen molar-refractivity contribution in [3.63, 3.8) is 0 Å². The number of esters is 2. The molecule has 5 aliphatic rings. The number of fused-ring (bicyclic) bond motifs is 6. The molecule has 7 nitrogen and oxygen atoms in total. The van der Waals surface area contributed by atoms with E-state index in [4.69, 9.17) is 19.9 Å². The van der Waals surface area contributed by atoms with E-state index in [0.29, 0.717) is 30.1 Å². The van der Waals surface area contributed by atoms with E-state index in [1.54, 1.807) is 6.92 Å². The summed E-state index contributed by atoms with van der Waals surface area (Å²) in [6.07, 6.45) is 9.02. The average Bonchev–Trinajstić information content (AvgIpc) is 3.36. The number of rotatable bonds is 4. The first kappa shape index (κ1) is 23.1. The molecule has 1 spiro atoms. The van der Waals surface area contributed by atoms with Gasteiger partial charge in [-0.3, -0.25) is 9.59 Å². The number of hydrogen-bond donors (Lipinski definition) is 1. The summed E-state index contributed by atoms with van der Waals surface area (Å²) < 4.78 is 17.0. The van der Waals surface area contributed by atoms with Crippen LogP contribution in [-0.2, 0) is 28.6 Å². The Balaban J connectivity index is 1.39. The van der Waals surface area contributed by atoms with Crippen LogP contribution in [0.2, 0.25) is 0 Å². The molecule has 5 rings (SSSR count). The minimum atomic E-state index is -1.62. The summed E-state index contributed by atoms with van der Waals surface area (Å²) in [4.78, 5) is 37.0. The van der Waals surface area contributed by atoms with Crippen molar-refractivity contribution < 1.29 is 28.6 Å². The topological polar surface area (TPSA) is 108 Å². The Hall–Kier alpha value is -1.63. The largest absolute Gasteiger partial charge is 0.463 e. The summed E-state index contributed by atoms with van der Waals surface area (Å²) in [7, 11) is 0. The predicted molar refractivity (Wildman–Crippen MR) is 120 cm³/mol. The number of primary amides is 1. The molecule has 1 heterocycles. The molecule has 1 saturated heterocycles. The second kappa shape index (κ2) is 7.43. The summed E-state index contributed by atoms with van der Waals surface area (Å²) in [6, 6.07) is 0. The second-order valence-corrected chi connectivity index (χ2v) is 11.9. The lowest BCUT2D eigenvalue weighted by Crippen LogP contribution is -2.57. The van der Waals surface area contributed by atoms with Crippen molar-refractivity contribution in [3.8, 4) is 0 Å². The Morgan fingerprint density at radius 1 is 1.00 bits per heavy atom. The van der Waals surface area contributed by atoms with Gasteiger partial charge < -0.3 is 19.9 Å². The van der Waals surface area contributed by atoms with Crippen LogP contribution in [0.3, 0.4) is 0 Å². The van der Waals surface area contributed by atoms with Crippen molar-refractivity contribution in [2.75, 3.05) is 6.61 Å². The van der Waals surface area contributed by atoms with Crippen molar-refractivity contribution in [3.05, 3.63) is 0 Å². The molecular weight excluding hydrogens is 422 g/mol. The maximum absolute atomic E-state index is 12.9. The molecule has 0 aromatic carbocycles. The van der Waals surface area contributed by atoms with Crippen molar-refractivity contribution >= 4 is 17.8 Å². The molecular formula is C26H39NO6. The number of nitrogens with two attached hydrogens (primary N) is 1. The van der Waals surface area contributed by atoms with Gasteiger partial charge >= 0.3 is 11.9 Å². The molecule has 1 amide bonds. The lowest BCUT2D eigenvalue weighted by Gasteiger charge is -2.60. The van der Waals surface area contributed by atoms with Gasteiger partial charge in [-0.2, -0.15) is 0 Å². The van der Waals surface area contributed by atoms with Gasteiger partial charge in [-0.25, -0.2) is 4.79 Å². The first-order valence-corrected chi connectivity index (χ1v) is 12.9. The van der Waals surface area contributed by atoms with E-state index < -0.39 is 23.1 Å². The Labute approximate surface area is 196 Å². The first-order chi connectivity index (χ1) is 15.6. The Morgan fingerprint density at radius 2 is 1.73 bits per heavy atom. The SMILES string of the molecule is CCOC(=O)[C@@]1(C(N)=O)O[C@@]12CC[C@@H]1[C@@H]3CC[C@@H]4C[C@@H](OC(C)=O)CC[C@]4(C)[C@@H]3CC[C@@]12C. The van der Waals surface area contributed by atoms with Gasteiger partial charge in [0.1, 0.15) is 11.7 Å². The number of carbonyl (C=O) groups is 3. The summed E-state index contributed by atoms with van der Waals surface area (Å²) in [5, 5.41) is 0. The van der Waals surface area contributed by atoms with Gasteiger partial charge in [-0.1, -0.05) is 13.8 Å². The van der Waals surface area contributed by atoms with Crippen molar-refractivity contribution in [1.29, 1.82) is 0 Å². The molecule has 2 N–H and O–H groups in total. The van der Waals surface area contributed by atoms with Crippen molar-refractivity contribution in [2.24, 2.45) is 40.2 Å². The van der Waals surface area contributed by atoms with Crippen LogP contribution in [0, 0.1) is 34.5 Å². The molecule has 7 heteroatoms. The van der Waals surface area contributed by atoms with Crippen LogP contribution >= 0.6 is 0 Å². The Kier molecular flexibility index (Phi) is 5.21. The average molecular weight is 462 g/mol. The highest BCUT2D eigenvalue weighted by Gasteiger charge is 2.88. The minimum absolute atomic E-state index is 0.0568. The monoisotopic (exact) mass is 461 g/mol. The van der Waals surface area contributed by atoms with E-state index in [9.17, 15) is 14.4 Å². The van der Waals surface area contributed by atoms with Gasteiger partial charge in [0.15, 0.2) is 0 Å². The minimum Gasteiger partial charge on any atom is -0.463 e. The first-order valence-electron chi connectivity index (χ1n) is 12.9. The number of ether oxygens (including phenoxy) is 3. The van der Waals surface area contributed by atoms with Crippen molar-refractivity contribution in [1.82, 2.24) is 0 Å². The Bertz CT molecular complexity index is 875. The van der Waals surface area contributed by atoms with E-state index >= 15 is 0 Å². The van der Waals surface area contributed by atoms with E-state index in [1.807, 2.05) is 0 Å². The van der Waals surface area contributed by atoms with Crippen LogP contribution in [0.1, 0.15) is 85.5 Å². The highest BCUT2D eigenvalue weighted by atomic mass is 16.7. The van der Waals surface area contributed by atoms with Crippen LogP contribution < -0.4 is 5.73 Å². The van der Waals surface area contributed by atoms with E-state index in [2.05, 4.69) is 13.8 Å². The maximum Gasteiger partial charge on any atom is 0.351 e. The van der Waals surface area contributed by atoms with Gasteiger partial charge in [0.2, 0.25) is 0 Å². The molecule has 4 aliphatic carbocycles. The van der Waals surface area contributed by atoms with E-state index in [-0.39, 0.29) is 29.5 Å². The van der Waals surface area contributed by atoms with Crippen LogP contribution in [0.5, 0.6) is 0 Å². The van der Waals surface area contributed by atoms with Gasteiger partial charge in [-0.05, 0) is 93.8 Å². The third-order valence-corrected chi connectivity index (χ3v) is 10.8. The van der Waals surface area contributed by atoms with Crippen molar-refractivity contribution in [2.45, 2.75) is 103 Å². The molecule has 33 heavy (non-hydrogen) atoms.